The number of nitrogens with zero attached hydrogens (tertiary/aromatic N) is 2. The van der Waals surface area contributed by atoms with Gasteiger partial charge >= 0.3 is 0 Å². The zero-order chi connectivity index (χ0) is 30.8. The summed E-state index contributed by atoms with van der Waals surface area (Å²) in [7, 11) is 0. The molecule has 8 nitrogen and oxygen atoms in total. The average Bonchev–Trinajstić information content (AvgIpc) is 3.17. The lowest BCUT2D eigenvalue weighted by Gasteiger charge is -2.23. The van der Waals surface area contributed by atoms with E-state index in [-0.39, 0.29) is 24.0 Å². The molecule has 1 aliphatic carbocycles. The molecule has 4 rings (SSSR count). The molecule has 224 valence electrons. The van der Waals surface area contributed by atoms with Gasteiger partial charge in [-0.15, -0.1) is 0 Å². The number of hydrogen-bond acceptors (Lipinski definition) is 6. The largest absolute Gasteiger partial charge is 0.402 e. The molecule has 1 unspecified atom stereocenters. The van der Waals surface area contributed by atoms with Crippen molar-refractivity contribution in [3.8, 4) is 0 Å². The van der Waals surface area contributed by atoms with Gasteiger partial charge in [-0.05, 0) is 78.3 Å². The van der Waals surface area contributed by atoms with E-state index in [1.54, 1.807) is 24.5 Å². The molecule has 0 saturated heterocycles. The van der Waals surface area contributed by atoms with Crippen LogP contribution in [0.2, 0.25) is 0 Å². The monoisotopic (exact) mass is 579 g/mol. The highest BCUT2D eigenvalue weighted by Gasteiger charge is 2.21. The fraction of sp³-hybridized carbons (Fsp3) is 0.314. The zero-order valence-electron chi connectivity index (χ0n) is 25.0. The van der Waals surface area contributed by atoms with E-state index >= 15 is 0 Å². The number of pyridine rings is 1. The number of carbonyl (C=O) groups excluding carboxylic acids is 3. The number of nitrogens with one attached hydrogen (secondary N) is 1. The number of fused-ring (bicyclic) bond motifs is 1. The van der Waals surface area contributed by atoms with E-state index < -0.39 is 6.04 Å². The molecular formula is C35H41N5O3. The normalized spacial score (nSPS) is 13.2. The Morgan fingerprint density at radius 2 is 1.67 bits per heavy atom. The Balaban J connectivity index is 1.41. The fourth-order valence-corrected chi connectivity index (χ4v) is 5.21. The van der Waals surface area contributed by atoms with Crippen molar-refractivity contribution < 1.29 is 14.4 Å². The van der Waals surface area contributed by atoms with Crippen LogP contribution in [0.1, 0.15) is 72.1 Å². The molecular weight excluding hydrogens is 538 g/mol. The number of carbonyl (C=O) groups is 3. The summed E-state index contributed by atoms with van der Waals surface area (Å²) in [5.41, 5.74) is 18.1. The smallest absolute Gasteiger partial charge is 0.255 e. The third kappa shape index (κ3) is 8.72. The van der Waals surface area contributed by atoms with E-state index in [1.807, 2.05) is 59.5 Å². The molecule has 1 heterocycles. The second-order valence-corrected chi connectivity index (χ2v) is 11.0. The van der Waals surface area contributed by atoms with Crippen LogP contribution in [-0.2, 0) is 22.4 Å². The van der Waals surface area contributed by atoms with Gasteiger partial charge < -0.3 is 21.7 Å². The highest BCUT2D eigenvalue weighted by molar-refractivity contribution is 6.05. The molecule has 2 aromatic carbocycles. The molecule has 1 aliphatic rings. The van der Waals surface area contributed by atoms with Gasteiger partial charge in [0.1, 0.15) is 5.78 Å². The van der Waals surface area contributed by atoms with Crippen molar-refractivity contribution in [2.45, 2.75) is 58.4 Å². The topological polar surface area (TPSA) is 131 Å². The van der Waals surface area contributed by atoms with Crippen molar-refractivity contribution in [2.24, 2.45) is 11.5 Å². The highest BCUT2D eigenvalue weighted by Crippen LogP contribution is 2.26. The summed E-state index contributed by atoms with van der Waals surface area (Å²) in [5.74, 6) is -0.309. The number of rotatable bonds is 13. The van der Waals surface area contributed by atoms with Crippen LogP contribution in [0.3, 0.4) is 0 Å². The second-order valence-electron chi connectivity index (χ2n) is 11.0. The molecule has 0 spiro atoms. The van der Waals surface area contributed by atoms with E-state index in [0.29, 0.717) is 54.9 Å². The van der Waals surface area contributed by atoms with Crippen LogP contribution in [0.15, 0.2) is 78.3 Å². The van der Waals surface area contributed by atoms with Crippen molar-refractivity contribution >= 4 is 35.4 Å². The van der Waals surface area contributed by atoms with E-state index in [9.17, 15) is 14.4 Å². The van der Waals surface area contributed by atoms with Gasteiger partial charge in [0, 0.05) is 49.0 Å². The van der Waals surface area contributed by atoms with Crippen LogP contribution in [0.25, 0.3) is 12.2 Å². The molecule has 0 bridgehead atoms. The van der Waals surface area contributed by atoms with Crippen LogP contribution in [0.4, 0.5) is 5.69 Å². The number of ketones is 1. The first-order valence-electron chi connectivity index (χ1n) is 14.9. The Labute approximate surface area is 253 Å². The summed E-state index contributed by atoms with van der Waals surface area (Å²) in [4.78, 5) is 45.2. The van der Waals surface area contributed by atoms with Gasteiger partial charge in [-0.2, -0.15) is 0 Å². The molecule has 1 aromatic heterocycles. The predicted molar refractivity (Wildman–Crippen MR) is 172 cm³/mol. The Morgan fingerprint density at radius 3 is 2.40 bits per heavy atom. The maximum absolute atomic E-state index is 13.3. The lowest BCUT2D eigenvalue weighted by molar-refractivity contribution is -0.127. The molecule has 0 fully saturated rings. The number of aryl methyl sites for hydroxylation is 1. The minimum atomic E-state index is -0.565. The van der Waals surface area contributed by atoms with Crippen molar-refractivity contribution in [1.29, 1.82) is 0 Å². The maximum Gasteiger partial charge on any atom is 0.255 e. The first-order chi connectivity index (χ1) is 20.8. The lowest BCUT2D eigenvalue weighted by Crippen LogP contribution is -2.33. The van der Waals surface area contributed by atoms with Gasteiger partial charge in [0.2, 0.25) is 5.91 Å². The van der Waals surface area contributed by atoms with Crippen LogP contribution in [-0.4, -0.2) is 46.6 Å². The quantitative estimate of drug-likeness (QED) is 0.257. The van der Waals surface area contributed by atoms with E-state index in [1.165, 1.54) is 0 Å². The number of allylic oxidation sites excluding steroid dienone is 1. The third-order valence-corrected chi connectivity index (χ3v) is 7.39. The SMILES string of the molecule is CCCN(CCC)C(=O)C1=Cc2ccc(C(=O)Nc3cncc(CCC(=O)C(N)Cc4ccccc4)c3)cc2C=C(N)C1. The van der Waals surface area contributed by atoms with Gasteiger partial charge in [-0.1, -0.05) is 50.2 Å². The third-order valence-electron chi connectivity index (χ3n) is 7.39. The summed E-state index contributed by atoms with van der Waals surface area (Å²) < 4.78 is 0. The zero-order valence-corrected chi connectivity index (χ0v) is 25.0. The minimum Gasteiger partial charge on any atom is -0.402 e. The Bertz CT molecular complexity index is 1510. The number of aromatic nitrogens is 1. The number of anilines is 1. The summed E-state index contributed by atoms with van der Waals surface area (Å²) in [5, 5.41) is 2.91. The Kier molecular flexibility index (Phi) is 11.0. The number of benzene rings is 2. The van der Waals surface area contributed by atoms with Crippen molar-refractivity contribution in [3.63, 3.8) is 0 Å². The van der Waals surface area contributed by atoms with Crippen LogP contribution >= 0.6 is 0 Å². The molecule has 1 atom stereocenters. The molecule has 0 saturated carbocycles. The van der Waals surface area contributed by atoms with Gasteiger partial charge in [-0.3, -0.25) is 19.4 Å². The first-order valence-corrected chi connectivity index (χ1v) is 14.9. The van der Waals surface area contributed by atoms with Crippen molar-refractivity contribution in [1.82, 2.24) is 9.88 Å². The Hall–Kier alpha value is -4.56. The van der Waals surface area contributed by atoms with Crippen LogP contribution in [0.5, 0.6) is 0 Å². The first kappa shape index (κ1) is 31.4. The van der Waals surface area contributed by atoms with Gasteiger partial charge in [0.25, 0.3) is 5.91 Å². The van der Waals surface area contributed by atoms with Crippen LogP contribution < -0.4 is 16.8 Å². The molecule has 0 aliphatic heterocycles. The molecule has 5 N–H and O–H groups in total. The maximum atomic E-state index is 13.3. The number of amides is 2. The van der Waals surface area contributed by atoms with Gasteiger partial charge in [-0.25, -0.2) is 0 Å². The highest BCUT2D eigenvalue weighted by atomic mass is 16.2. The summed E-state index contributed by atoms with van der Waals surface area (Å²) >= 11 is 0. The summed E-state index contributed by atoms with van der Waals surface area (Å²) in [6, 6.07) is 16.3. The summed E-state index contributed by atoms with van der Waals surface area (Å²) in [6.45, 7) is 5.53. The molecule has 0 radical (unpaired) electrons. The van der Waals surface area contributed by atoms with Crippen molar-refractivity contribution in [2.75, 3.05) is 18.4 Å². The molecule has 8 heteroatoms. The van der Waals surface area contributed by atoms with E-state index in [4.69, 9.17) is 11.5 Å². The van der Waals surface area contributed by atoms with Gasteiger partial charge in [0.15, 0.2) is 0 Å². The number of nitrogens with two attached hydrogens (primary N) is 2. The van der Waals surface area contributed by atoms with Crippen molar-refractivity contribution in [3.05, 3.63) is 106 Å². The van der Waals surface area contributed by atoms with Gasteiger partial charge in [0.05, 0.1) is 17.9 Å². The molecule has 3 aromatic rings. The second kappa shape index (κ2) is 15.1. The molecule has 43 heavy (non-hydrogen) atoms. The summed E-state index contributed by atoms with van der Waals surface area (Å²) in [6.07, 6.45) is 10.4. The predicted octanol–water partition coefficient (Wildman–Crippen LogP) is 5.14. The van der Waals surface area contributed by atoms with E-state index in [0.717, 1.165) is 35.1 Å². The average molecular weight is 580 g/mol. The lowest BCUT2D eigenvalue weighted by atomic mass is 9.99. The Morgan fingerprint density at radius 1 is 0.930 bits per heavy atom. The van der Waals surface area contributed by atoms with E-state index in [2.05, 4.69) is 24.1 Å². The number of hydrogen-bond donors (Lipinski definition) is 3. The standard InChI is InChI=1S/C35H41N5O3/c1-3-14-40(15-4-2)35(43)29-18-26-11-12-27(19-28(26)20-30(36)21-29)34(42)39-31-16-25(22-38-23-31)10-13-33(41)32(37)17-24-8-6-5-7-9-24/h5-9,11-12,16,18-20,22-23,32H,3-4,10,13-15,17,21,36-37H2,1-2H3,(H,39,42). The van der Waals surface area contributed by atoms with Crippen LogP contribution in [0, 0.1) is 0 Å². The molecule has 2 amide bonds. The minimum absolute atomic E-state index is 0.00183. The number of Topliss-reactive ketones (excluding diaryl/α,β-unsaturated/α-hetero) is 1. The fourth-order valence-electron chi connectivity index (χ4n) is 5.21.